The molecule has 0 spiro atoms. The molecule has 0 fully saturated rings. The molecule has 254 valence electrons. The maximum absolute atomic E-state index is 5.46. The van der Waals surface area contributed by atoms with Gasteiger partial charge in [0.15, 0.2) is 0 Å². The predicted octanol–water partition coefficient (Wildman–Crippen LogP) is 13.2. The Morgan fingerprint density at radius 3 is 0.736 bits per heavy atom. The van der Waals surface area contributed by atoms with Crippen LogP contribution in [0, 0.1) is 0 Å². The van der Waals surface area contributed by atoms with Crippen LogP contribution < -0.4 is 14.8 Å². The molecule has 0 heterocycles. The van der Waals surface area contributed by atoms with Crippen molar-refractivity contribution in [1.29, 1.82) is 0 Å². The van der Waals surface area contributed by atoms with Crippen molar-refractivity contribution in [1.82, 2.24) is 0 Å². The maximum Gasteiger partial charge on any atom is 0.0984 e. The van der Waals surface area contributed by atoms with Gasteiger partial charge in [-0.25, -0.2) is 5.01 Å². The number of rotatable bonds is 11. The number of hydrazone groups is 1. The van der Waals surface area contributed by atoms with E-state index in [9.17, 15) is 0 Å². The summed E-state index contributed by atoms with van der Waals surface area (Å²) in [7, 11) is 0. The number of nitrogens with zero attached hydrogens (tertiary/aromatic N) is 4. The molecule has 8 aromatic rings. The largest absolute Gasteiger partial charge is 0.311 e. The molecule has 8 rings (SSSR count). The van der Waals surface area contributed by atoms with Crippen LogP contribution in [-0.4, -0.2) is 5.71 Å². The lowest BCUT2D eigenvalue weighted by molar-refractivity contribution is 1.08. The molecule has 0 amide bonds. The first-order valence-corrected chi connectivity index (χ1v) is 17.8. The van der Waals surface area contributed by atoms with Crippen LogP contribution in [0.25, 0.3) is 0 Å². The number of benzene rings is 8. The normalized spacial score (nSPS) is 10.6. The molecule has 0 N–H and O–H groups in total. The zero-order chi connectivity index (χ0) is 35.7. The van der Waals surface area contributed by atoms with E-state index in [1.54, 1.807) is 0 Å². The third-order valence-electron chi connectivity index (χ3n) is 9.06. The van der Waals surface area contributed by atoms with Gasteiger partial charge in [0.1, 0.15) is 0 Å². The van der Waals surface area contributed by atoms with Crippen molar-refractivity contribution in [3.8, 4) is 0 Å². The Labute approximate surface area is 311 Å². The Morgan fingerprint density at radius 2 is 0.472 bits per heavy atom. The Morgan fingerprint density at radius 1 is 0.245 bits per heavy atom. The standard InChI is InChI=1S/C49H38N4/c1-7-19-41(20-8-1)51(42-21-9-2-10-22-42)45-35-31-39(32-36-45)49(50-53(47-27-15-5-16-28-47)48-29-17-6-18-30-48)40-33-37-46(38-34-40)52(43-23-11-3-12-24-43)44-25-13-4-14-26-44/h1-38H. The number of hydrogen-bond donors (Lipinski definition) is 0. The van der Waals surface area contributed by atoms with Gasteiger partial charge in [-0.05, 0) is 97.1 Å². The van der Waals surface area contributed by atoms with Crippen molar-refractivity contribution in [3.05, 3.63) is 242 Å². The minimum Gasteiger partial charge on any atom is -0.311 e. The van der Waals surface area contributed by atoms with E-state index >= 15 is 0 Å². The van der Waals surface area contributed by atoms with E-state index in [0.717, 1.165) is 62.3 Å². The fourth-order valence-electron chi connectivity index (χ4n) is 6.52. The average molecular weight is 683 g/mol. The monoisotopic (exact) mass is 682 g/mol. The quantitative estimate of drug-likeness (QED) is 0.100. The molecule has 0 aliphatic heterocycles. The van der Waals surface area contributed by atoms with Gasteiger partial charge in [-0.2, -0.15) is 5.10 Å². The van der Waals surface area contributed by atoms with Gasteiger partial charge in [0, 0.05) is 45.3 Å². The van der Waals surface area contributed by atoms with E-state index in [2.05, 4.69) is 180 Å². The second-order valence-corrected chi connectivity index (χ2v) is 12.5. The van der Waals surface area contributed by atoms with E-state index in [-0.39, 0.29) is 0 Å². The fraction of sp³-hybridized carbons (Fsp3) is 0. The minimum atomic E-state index is 0.854. The van der Waals surface area contributed by atoms with Crippen molar-refractivity contribution >= 4 is 51.2 Å². The van der Waals surface area contributed by atoms with Crippen molar-refractivity contribution in [2.75, 3.05) is 14.8 Å². The maximum atomic E-state index is 5.46. The summed E-state index contributed by atoms with van der Waals surface area (Å²) in [5.74, 6) is 0. The lowest BCUT2D eigenvalue weighted by Gasteiger charge is -2.26. The summed E-state index contributed by atoms with van der Waals surface area (Å²) in [4.78, 5) is 4.55. The Balaban J connectivity index is 1.25. The van der Waals surface area contributed by atoms with Crippen LogP contribution in [0.4, 0.5) is 45.5 Å². The molecule has 0 aliphatic rings. The molecular weight excluding hydrogens is 645 g/mol. The smallest absolute Gasteiger partial charge is 0.0984 e. The molecule has 4 nitrogen and oxygen atoms in total. The highest BCUT2D eigenvalue weighted by atomic mass is 15.5. The fourth-order valence-corrected chi connectivity index (χ4v) is 6.52. The van der Waals surface area contributed by atoms with Gasteiger partial charge in [-0.15, -0.1) is 0 Å². The molecule has 53 heavy (non-hydrogen) atoms. The van der Waals surface area contributed by atoms with Crippen LogP contribution in [0.15, 0.2) is 236 Å². The molecule has 0 aliphatic carbocycles. The first kappa shape index (κ1) is 33.0. The highest BCUT2D eigenvalue weighted by Crippen LogP contribution is 2.37. The third-order valence-corrected chi connectivity index (χ3v) is 9.06. The van der Waals surface area contributed by atoms with Gasteiger partial charge in [0.2, 0.25) is 0 Å². The molecule has 0 saturated carbocycles. The van der Waals surface area contributed by atoms with Crippen molar-refractivity contribution in [2.24, 2.45) is 5.10 Å². The highest BCUT2D eigenvalue weighted by molar-refractivity contribution is 6.14. The number of para-hydroxylation sites is 6. The third kappa shape index (κ3) is 7.48. The van der Waals surface area contributed by atoms with Crippen LogP contribution >= 0.6 is 0 Å². The number of hydrogen-bond acceptors (Lipinski definition) is 4. The van der Waals surface area contributed by atoms with Gasteiger partial charge < -0.3 is 9.80 Å². The lowest BCUT2D eigenvalue weighted by atomic mass is 10.0. The highest BCUT2D eigenvalue weighted by Gasteiger charge is 2.18. The van der Waals surface area contributed by atoms with E-state index < -0.39 is 0 Å². The van der Waals surface area contributed by atoms with E-state index in [1.165, 1.54) is 0 Å². The molecule has 0 unspecified atom stereocenters. The minimum absolute atomic E-state index is 0.854. The number of anilines is 8. The van der Waals surface area contributed by atoms with Gasteiger partial charge in [0.05, 0.1) is 17.1 Å². The predicted molar refractivity (Wildman–Crippen MR) is 223 cm³/mol. The SMILES string of the molecule is c1ccc(N(N=C(c2ccc(N(c3ccccc3)c3ccccc3)cc2)c2ccc(N(c3ccccc3)c3ccccc3)cc2)c2ccccc2)cc1. The molecule has 4 heteroatoms. The van der Waals surface area contributed by atoms with Gasteiger partial charge in [-0.3, -0.25) is 0 Å². The van der Waals surface area contributed by atoms with E-state index in [0.29, 0.717) is 0 Å². The molecule has 0 saturated heterocycles. The van der Waals surface area contributed by atoms with Crippen LogP contribution in [0.5, 0.6) is 0 Å². The summed E-state index contributed by atoms with van der Waals surface area (Å²) in [5, 5.41) is 7.49. The summed E-state index contributed by atoms with van der Waals surface area (Å²) in [6.07, 6.45) is 0. The summed E-state index contributed by atoms with van der Waals surface area (Å²) < 4.78 is 0. The van der Waals surface area contributed by atoms with Crippen molar-refractivity contribution < 1.29 is 0 Å². The first-order chi connectivity index (χ1) is 26.3. The van der Waals surface area contributed by atoms with Gasteiger partial charge in [0.25, 0.3) is 0 Å². The Bertz CT molecular complexity index is 2100. The van der Waals surface area contributed by atoms with Crippen LogP contribution in [0.2, 0.25) is 0 Å². The Kier molecular flexibility index (Phi) is 9.84. The summed E-state index contributed by atoms with van der Waals surface area (Å²) in [6.45, 7) is 0. The van der Waals surface area contributed by atoms with E-state index in [1.807, 2.05) is 65.7 Å². The molecular formula is C49H38N4. The zero-order valence-corrected chi connectivity index (χ0v) is 29.2. The van der Waals surface area contributed by atoms with Gasteiger partial charge >= 0.3 is 0 Å². The molecule has 0 aromatic heterocycles. The van der Waals surface area contributed by atoms with E-state index in [4.69, 9.17) is 5.10 Å². The van der Waals surface area contributed by atoms with Crippen molar-refractivity contribution in [3.63, 3.8) is 0 Å². The molecule has 8 aromatic carbocycles. The topological polar surface area (TPSA) is 22.1 Å². The average Bonchev–Trinajstić information content (AvgIpc) is 3.24. The van der Waals surface area contributed by atoms with Crippen molar-refractivity contribution in [2.45, 2.75) is 0 Å². The molecule has 0 atom stereocenters. The molecule has 0 bridgehead atoms. The zero-order valence-electron chi connectivity index (χ0n) is 29.2. The van der Waals surface area contributed by atoms with Gasteiger partial charge in [-0.1, -0.05) is 133 Å². The second-order valence-electron chi connectivity index (χ2n) is 12.5. The second kappa shape index (κ2) is 15.8. The Hall–Kier alpha value is -7.17. The molecule has 0 radical (unpaired) electrons. The lowest BCUT2D eigenvalue weighted by Crippen LogP contribution is -2.16. The van der Waals surface area contributed by atoms with Crippen LogP contribution in [0.1, 0.15) is 11.1 Å². The summed E-state index contributed by atoms with van der Waals surface area (Å²) in [5.41, 5.74) is 11.3. The summed E-state index contributed by atoms with van der Waals surface area (Å²) in [6, 6.07) is 80.0. The first-order valence-electron chi connectivity index (χ1n) is 17.8. The van der Waals surface area contributed by atoms with Crippen LogP contribution in [0.3, 0.4) is 0 Å². The van der Waals surface area contributed by atoms with Crippen LogP contribution in [-0.2, 0) is 0 Å². The summed E-state index contributed by atoms with van der Waals surface area (Å²) >= 11 is 0.